The van der Waals surface area contributed by atoms with Crippen LogP contribution in [0.1, 0.15) is 33.3 Å². The molecule has 0 saturated carbocycles. The number of ether oxygens (including phenoxy) is 2. The number of benzene rings is 1. The number of carbonyl (C=O) groups excluding carboxylic acids is 2. The Labute approximate surface area is 151 Å². The van der Waals surface area contributed by atoms with Crippen molar-refractivity contribution in [1.29, 1.82) is 0 Å². The van der Waals surface area contributed by atoms with Gasteiger partial charge in [0.2, 0.25) is 0 Å². The summed E-state index contributed by atoms with van der Waals surface area (Å²) in [6.07, 6.45) is -0.928. The van der Waals surface area contributed by atoms with Crippen LogP contribution < -0.4 is 5.43 Å². The van der Waals surface area contributed by atoms with Gasteiger partial charge in [-0.3, -0.25) is 4.98 Å². The van der Waals surface area contributed by atoms with E-state index >= 15 is 0 Å². The van der Waals surface area contributed by atoms with Gasteiger partial charge in [0, 0.05) is 17.1 Å². The van der Waals surface area contributed by atoms with Crippen molar-refractivity contribution in [3.63, 3.8) is 0 Å². The lowest BCUT2D eigenvalue weighted by Crippen LogP contribution is -2.47. The molecule has 0 aliphatic carbocycles. The van der Waals surface area contributed by atoms with Gasteiger partial charge < -0.3 is 9.47 Å². The molecule has 8 heteroatoms. The quantitative estimate of drug-likeness (QED) is 0.837. The third-order valence-electron chi connectivity index (χ3n) is 3.26. The summed E-state index contributed by atoms with van der Waals surface area (Å²) in [5.41, 5.74) is 2.85. The molecule has 1 aromatic carbocycles. The molecule has 0 spiro atoms. The second-order valence-electron chi connectivity index (χ2n) is 6.19. The molecular weight excluding hydrogens is 341 g/mol. The first-order chi connectivity index (χ1) is 12.3. The van der Waals surface area contributed by atoms with Crippen molar-refractivity contribution >= 4 is 23.1 Å². The summed E-state index contributed by atoms with van der Waals surface area (Å²) in [7, 11) is 0. The largest absolute Gasteiger partial charge is 0.446 e. The Bertz CT molecular complexity index is 795. The third kappa shape index (κ3) is 5.05. The van der Waals surface area contributed by atoms with E-state index in [-0.39, 0.29) is 18.2 Å². The van der Waals surface area contributed by atoms with Gasteiger partial charge >= 0.3 is 12.2 Å². The zero-order valence-corrected chi connectivity index (χ0v) is 15.2. The predicted molar refractivity (Wildman–Crippen MR) is 93.6 cm³/mol. The number of amides is 2. The van der Waals surface area contributed by atoms with E-state index in [1.165, 1.54) is 12.3 Å². The van der Waals surface area contributed by atoms with Crippen LogP contribution in [0.5, 0.6) is 0 Å². The van der Waals surface area contributed by atoms with Crippen LogP contribution in [0.4, 0.5) is 14.0 Å². The SMILES string of the molecule is CC(C)OC(=O)NN(Cc1c(F)ccc2cccnc12)C(=O)OC(C)C. The Kier molecular flexibility index (Phi) is 6.32. The van der Waals surface area contributed by atoms with Gasteiger partial charge in [-0.15, -0.1) is 0 Å². The molecule has 26 heavy (non-hydrogen) atoms. The summed E-state index contributed by atoms with van der Waals surface area (Å²) in [5.74, 6) is -0.544. The Morgan fingerprint density at radius 2 is 1.85 bits per heavy atom. The number of hydrogen-bond acceptors (Lipinski definition) is 5. The molecule has 0 bridgehead atoms. The molecule has 0 saturated heterocycles. The van der Waals surface area contributed by atoms with Crippen molar-refractivity contribution in [2.24, 2.45) is 0 Å². The second kappa shape index (κ2) is 8.46. The molecule has 0 atom stereocenters. The van der Waals surface area contributed by atoms with Gasteiger partial charge in [0.25, 0.3) is 0 Å². The molecule has 1 aromatic heterocycles. The predicted octanol–water partition coefficient (Wildman–Crippen LogP) is 3.77. The van der Waals surface area contributed by atoms with Crippen LogP contribution in [0.3, 0.4) is 0 Å². The lowest BCUT2D eigenvalue weighted by molar-refractivity contribution is 0.0442. The molecule has 0 aliphatic heterocycles. The van der Waals surface area contributed by atoms with E-state index in [9.17, 15) is 14.0 Å². The first-order valence-corrected chi connectivity index (χ1v) is 8.25. The summed E-state index contributed by atoms with van der Waals surface area (Å²) >= 11 is 0. The van der Waals surface area contributed by atoms with E-state index in [2.05, 4.69) is 10.4 Å². The number of hydrogen-bond donors (Lipinski definition) is 1. The minimum atomic E-state index is -0.839. The van der Waals surface area contributed by atoms with Crippen molar-refractivity contribution in [2.75, 3.05) is 0 Å². The number of rotatable bonds is 4. The average Bonchev–Trinajstić information content (AvgIpc) is 2.55. The molecule has 2 amide bonds. The zero-order valence-electron chi connectivity index (χ0n) is 15.2. The van der Waals surface area contributed by atoms with Crippen LogP contribution in [0.15, 0.2) is 30.5 Å². The molecule has 2 rings (SSSR count). The number of nitrogens with one attached hydrogen (secondary N) is 1. The topological polar surface area (TPSA) is 80.8 Å². The fourth-order valence-electron chi connectivity index (χ4n) is 2.26. The van der Waals surface area contributed by atoms with Gasteiger partial charge in [0.1, 0.15) is 5.82 Å². The van der Waals surface area contributed by atoms with Crippen LogP contribution in [-0.2, 0) is 16.0 Å². The summed E-state index contributed by atoms with van der Waals surface area (Å²) in [6.45, 7) is 6.42. The Morgan fingerprint density at radius 1 is 1.15 bits per heavy atom. The van der Waals surface area contributed by atoms with Gasteiger partial charge in [-0.25, -0.2) is 24.4 Å². The van der Waals surface area contributed by atoms with Gasteiger partial charge in [0.05, 0.1) is 24.3 Å². The molecule has 0 fully saturated rings. The number of hydrazine groups is 1. The lowest BCUT2D eigenvalue weighted by atomic mass is 10.1. The number of carbonyl (C=O) groups is 2. The van der Waals surface area contributed by atoms with Crippen molar-refractivity contribution in [1.82, 2.24) is 15.4 Å². The summed E-state index contributed by atoms with van der Waals surface area (Å²) < 4.78 is 24.5. The van der Waals surface area contributed by atoms with E-state index < -0.39 is 24.1 Å². The summed E-state index contributed by atoms with van der Waals surface area (Å²) in [6, 6.07) is 6.39. The number of aromatic nitrogens is 1. The Balaban J connectivity index is 2.32. The zero-order chi connectivity index (χ0) is 19.3. The first kappa shape index (κ1) is 19.4. The van der Waals surface area contributed by atoms with Crippen molar-refractivity contribution in [3.05, 3.63) is 41.8 Å². The Morgan fingerprint density at radius 3 is 2.50 bits per heavy atom. The highest BCUT2D eigenvalue weighted by Gasteiger charge is 2.23. The summed E-state index contributed by atoms with van der Waals surface area (Å²) in [4.78, 5) is 28.4. The molecule has 7 nitrogen and oxygen atoms in total. The molecular formula is C18H22FN3O4. The second-order valence-corrected chi connectivity index (χ2v) is 6.19. The van der Waals surface area contributed by atoms with Gasteiger partial charge in [-0.2, -0.15) is 0 Å². The van der Waals surface area contributed by atoms with E-state index in [1.807, 2.05) is 0 Å². The maximum Gasteiger partial charge on any atom is 0.429 e. The number of nitrogens with zero attached hydrogens (tertiary/aromatic N) is 2. The standard InChI is InChI=1S/C18H22FN3O4/c1-11(2)25-17(23)21-22(18(24)26-12(3)4)10-14-15(19)8-7-13-6-5-9-20-16(13)14/h5-9,11-12H,10H2,1-4H3,(H,21,23). The smallest absolute Gasteiger partial charge is 0.429 e. The van der Waals surface area contributed by atoms with Crippen molar-refractivity contribution in [2.45, 2.75) is 46.4 Å². The highest BCUT2D eigenvalue weighted by atomic mass is 19.1. The van der Waals surface area contributed by atoms with E-state index in [0.717, 1.165) is 5.01 Å². The maximum absolute atomic E-state index is 14.4. The minimum absolute atomic E-state index is 0.161. The maximum atomic E-state index is 14.4. The average molecular weight is 363 g/mol. The molecule has 140 valence electrons. The highest BCUT2D eigenvalue weighted by Crippen LogP contribution is 2.21. The van der Waals surface area contributed by atoms with Crippen molar-refractivity contribution in [3.8, 4) is 0 Å². The molecule has 0 unspecified atom stereocenters. The van der Waals surface area contributed by atoms with Crippen LogP contribution in [-0.4, -0.2) is 34.4 Å². The van der Waals surface area contributed by atoms with Crippen LogP contribution in [0, 0.1) is 5.82 Å². The van der Waals surface area contributed by atoms with E-state index in [4.69, 9.17) is 9.47 Å². The highest BCUT2D eigenvalue weighted by molar-refractivity contribution is 5.82. The van der Waals surface area contributed by atoms with Gasteiger partial charge in [0.15, 0.2) is 0 Å². The fourth-order valence-corrected chi connectivity index (χ4v) is 2.26. The van der Waals surface area contributed by atoms with E-state index in [1.54, 1.807) is 45.9 Å². The van der Waals surface area contributed by atoms with E-state index in [0.29, 0.717) is 10.9 Å². The van der Waals surface area contributed by atoms with Crippen LogP contribution in [0.2, 0.25) is 0 Å². The molecule has 0 radical (unpaired) electrons. The minimum Gasteiger partial charge on any atom is -0.446 e. The third-order valence-corrected chi connectivity index (χ3v) is 3.26. The van der Waals surface area contributed by atoms with Crippen LogP contribution in [0.25, 0.3) is 10.9 Å². The van der Waals surface area contributed by atoms with Gasteiger partial charge in [-0.05, 0) is 45.9 Å². The monoisotopic (exact) mass is 363 g/mol. The van der Waals surface area contributed by atoms with Gasteiger partial charge in [-0.1, -0.05) is 6.07 Å². The van der Waals surface area contributed by atoms with Crippen LogP contribution >= 0.6 is 0 Å². The molecule has 1 heterocycles. The van der Waals surface area contributed by atoms with Crippen molar-refractivity contribution < 1.29 is 23.5 Å². The molecule has 2 aromatic rings. The Hall–Kier alpha value is -2.90. The molecule has 1 N–H and O–H groups in total. The first-order valence-electron chi connectivity index (χ1n) is 8.25. The fraction of sp³-hybridized carbons (Fsp3) is 0.389. The lowest BCUT2D eigenvalue weighted by Gasteiger charge is -2.24. The number of pyridine rings is 1. The molecule has 0 aliphatic rings. The number of halogens is 1. The number of fused-ring (bicyclic) bond motifs is 1. The normalized spacial score (nSPS) is 10.9. The summed E-state index contributed by atoms with van der Waals surface area (Å²) in [5, 5.41) is 1.59.